The molecular formula is C17H24N2OS. The average Bonchev–Trinajstić information content (AvgIpc) is 2.89. The Morgan fingerprint density at radius 1 is 1.14 bits per heavy atom. The molecule has 114 valence electrons. The standard InChI is InChI=1S/C17H24N2OS/c1-3-5-9-19(10-6-4-2)17(20)16-12-13-11-14(18)7-8-15(13)21-16/h7-8,11-12H,3-6,9-10,18H2,1-2H3. The van der Waals surface area contributed by atoms with Crippen molar-refractivity contribution >= 4 is 33.0 Å². The van der Waals surface area contributed by atoms with Crippen LogP contribution in [0, 0.1) is 0 Å². The van der Waals surface area contributed by atoms with Gasteiger partial charge in [-0.15, -0.1) is 11.3 Å². The normalized spacial score (nSPS) is 11.0. The van der Waals surface area contributed by atoms with Crippen LogP contribution in [0.25, 0.3) is 10.1 Å². The van der Waals surface area contributed by atoms with Gasteiger partial charge in [0.15, 0.2) is 0 Å². The highest BCUT2D eigenvalue weighted by atomic mass is 32.1. The van der Waals surface area contributed by atoms with Crippen LogP contribution in [0.15, 0.2) is 24.3 Å². The average molecular weight is 304 g/mol. The van der Waals surface area contributed by atoms with Gasteiger partial charge >= 0.3 is 0 Å². The number of hydrogen-bond acceptors (Lipinski definition) is 3. The molecule has 0 bridgehead atoms. The van der Waals surface area contributed by atoms with Gasteiger partial charge in [-0.05, 0) is 42.5 Å². The van der Waals surface area contributed by atoms with Gasteiger partial charge in [0.1, 0.15) is 0 Å². The number of thiophene rings is 1. The van der Waals surface area contributed by atoms with Crippen molar-refractivity contribution in [3.63, 3.8) is 0 Å². The predicted molar refractivity (Wildman–Crippen MR) is 92.0 cm³/mol. The summed E-state index contributed by atoms with van der Waals surface area (Å²) in [7, 11) is 0. The van der Waals surface area contributed by atoms with Crippen LogP contribution in [0.4, 0.5) is 5.69 Å². The minimum absolute atomic E-state index is 0.164. The molecule has 1 heterocycles. The molecule has 0 aliphatic carbocycles. The third kappa shape index (κ3) is 3.97. The lowest BCUT2D eigenvalue weighted by molar-refractivity contribution is 0.0756. The molecule has 21 heavy (non-hydrogen) atoms. The first kappa shape index (κ1) is 15.8. The van der Waals surface area contributed by atoms with Crippen LogP contribution >= 0.6 is 11.3 Å². The Balaban J connectivity index is 2.20. The van der Waals surface area contributed by atoms with Crippen LogP contribution in [0.1, 0.15) is 49.2 Å². The Morgan fingerprint density at radius 3 is 2.43 bits per heavy atom. The molecule has 2 N–H and O–H groups in total. The molecule has 1 amide bonds. The highest BCUT2D eigenvalue weighted by molar-refractivity contribution is 7.20. The number of nitrogen functional groups attached to an aromatic ring is 1. The summed E-state index contributed by atoms with van der Waals surface area (Å²) in [6, 6.07) is 7.79. The molecule has 1 aromatic carbocycles. The quantitative estimate of drug-likeness (QED) is 0.764. The van der Waals surface area contributed by atoms with Gasteiger partial charge in [0, 0.05) is 23.5 Å². The Labute approximate surface area is 130 Å². The number of amides is 1. The summed E-state index contributed by atoms with van der Waals surface area (Å²) in [6.07, 6.45) is 4.35. The molecule has 0 unspecified atom stereocenters. The number of carbonyl (C=O) groups is 1. The highest BCUT2D eigenvalue weighted by Crippen LogP contribution is 2.28. The molecule has 0 aliphatic rings. The van der Waals surface area contributed by atoms with Gasteiger partial charge in [0.05, 0.1) is 4.88 Å². The van der Waals surface area contributed by atoms with E-state index in [1.165, 1.54) is 0 Å². The third-order valence-electron chi connectivity index (χ3n) is 3.60. The van der Waals surface area contributed by atoms with Crippen LogP contribution < -0.4 is 5.73 Å². The summed E-state index contributed by atoms with van der Waals surface area (Å²) >= 11 is 1.56. The van der Waals surface area contributed by atoms with E-state index in [2.05, 4.69) is 13.8 Å². The Morgan fingerprint density at radius 2 is 1.81 bits per heavy atom. The SMILES string of the molecule is CCCCN(CCCC)C(=O)c1cc2cc(N)ccc2s1. The maximum atomic E-state index is 12.7. The molecule has 0 saturated carbocycles. The molecule has 2 aromatic rings. The zero-order valence-corrected chi connectivity index (χ0v) is 13.7. The highest BCUT2D eigenvalue weighted by Gasteiger charge is 2.17. The summed E-state index contributed by atoms with van der Waals surface area (Å²) < 4.78 is 1.12. The van der Waals surface area contributed by atoms with Crippen LogP contribution in [-0.2, 0) is 0 Å². The van der Waals surface area contributed by atoms with E-state index in [4.69, 9.17) is 5.73 Å². The summed E-state index contributed by atoms with van der Waals surface area (Å²) in [5, 5.41) is 1.06. The van der Waals surface area contributed by atoms with Crippen LogP contribution in [0.5, 0.6) is 0 Å². The first-order valence-corrected chi connectivity index (χ1v) is 8.55. The van der Waals surface area contributed by atoms with Crippen molar-refractivity contribution in [2.75, 3.05) is 18.8 Å². The van der Waals surface area contributed by atoms with Crippen molar-refractivity contribution in [1.82, 2.24) is 4.90 Å². The molecule has 0 aliphatic heterocycles. The minimum Gasteiger partial charge on any atom is -0.399 e. The number of carbonyl (C=O) groups excluding carboxylic acids is 1. The van der Waals surface area contributed by atoms with Gasteiger partial charge in [0.2, 0.25) is 0 Å². The smallest absolute Gasteiger partial charge is 0.263 e. The lowest BCUT2D eigenvalue weighted by Gasteiger charge is -2.21. The van der Waals surface area contributed by atoms with Gasteiger partial charge in [-0.1, -0.05) is 26.7 Å². The van der Waals surface area contributed by atoms with E-state index in [0.29, 0.717) is 0 Å². The fourth-order valence-electron chi connectivity index (χ4n) is 2.34. The number of rotatable bonds is 7. The molecule has 3 nitrogen and oxygen atoms in total. The van der Waals surface area contributed by atoms with Crippen molar-refractivity contribution in [2.24, 2.45) is 0 Å². The molecule has 1 aromatic heterocycles. The van der Waals surface area contributed by atoms with Crippen molar-refractivity contribution < 1.29 is 4.79 Å². The summed E-state index contributed by atoms with van der Waals surface area (Å²) in [5.41, 5.74) is 6.55. The van der Waals surface area contributed by atoms with Gasteiger partial charge in [0.25, 0.3) is 5.91 Å². The third-order valence-corrected chi connectivity index (χ3v) is 4.71. The summed E-state index contributed by atoms with van der Waals surface area (Å²) in [5.74, 6) is 0.164. The molecule has 4 heteroatoms. The van der Waals surface area contributed by atoms with E-state index in [9.17, 15) is 4.79 Å². The van der Waals surface area contributed by atoms with Crippen molar-refractivity contribution in [3.05, 3.63) is 29.1 Å². The molecule has 2 rings (SSSR count). The number of nitrogens with two attached hydrogens (primary N) is 1. The zero-order valence-electron chi connectivity index (χ0n) is 12.9. The predicted octanol–water partition coefficient (Wildman–Crippen LogP) is 4.53. The number of unbranched alkanes of at least 4 members (excludes halogenated alkanes) is 2. The van der Waals surface area contributed by atoms with E-state index >= 15 is 0 Å². The van der Waals surface area contributed by atoms with E-state index in [1.807, 2.05) is 29.2 Å². The van der Waals surface area contributed by atoms with Crippen molar-refractivity contribution in [3.8, 4) is 0 Å². The molecule has 0 saturated heterocycles. The molecule has 0 fully saturated rings. The van der Waals surface area contributed by atoms with Crippen LogP contribution in [0.2, 0.25) is 0 Å². The number of benzene rings is 1. The zero-order chi connectivity index (χ0) is 15.2. The number of nitrogens with zero attached hydrogens (tertiary/aromatic N) is 1. The van der Waals surface area contributed by atoms with Crippen molar-refractivity contribution in [1.29, 1.82) is 0 Å². The fourth-order valence-corrected chi connectivity index (χ4v) is 3.35. The Bertz CT molecular complexity index is 598. The maximum absolute atomic E-state index is 12.7. The maximum Gasteiger partial charge on any atom is 0.263 e. The summed E-state index contributed by atoms with van der Waals surface area (Å²) in [4.78, 5) is 15.5. The monoisotopic (exact) mass is 304 g/mol. The van der Waals surface area contributed by atoms with Crippen LogP contribution in [-0.4, -0.2) is 23.9 Å². The first-order valence-electron chi connectivity index (χ1n) is 7.74. The molecule has 0 atom stereocenters. The second-order valence-electron chi connectivity index (χ2n) is 5.41. The number of fused-ring (bicyclic) bond motifs is 1. The lowest BCUT2D eigenvalue weighted by atomic mass is 10.2. The van der Waals surface area contributed by atoms with E-state index in [0.717, 1.165) is 59.4 Å². The van der Waals surface area contributed by atoms with Gasteiger partial charge < -0.3 is 10.6 Å². The Kier molecular flexibility index (Phi) is 5.62. The number of anilines is 1. The molecule has 0 radical (unpaired) electrons. The van der Waals surface area contributed by atoms with E-state index < -0.39 is 0 Å². The fraction of sp³-hybridized carbons (Fsp3) is 0.471. The van der Waals surface area contributed by atoms with Crippen LogP contribution in [0.3, 0.4) is 0 Å². The van der Waals surface area contributed by atoms with Crippen molar-refractivity contribution in [2.45, 2.75) is 39.5 Å². The molecular weight excluding hydrogens is 280 g/mol. The lowest BCUT2D eigenvalue weighted by Crippen LogP contribution is -2.32. The number of hydrogen-bond donors (Lipinski definition) is 1. The second kappa shape index (κ2) is 7.46. The molecule has 0 spiro atoms. The van der Waals surface area contributed by atoms with Gasteiger partial charge in [-0.2, -0.15) is 0 Å². The van der Waals surface area contributed by atoms with Gasteiger partial charge in [-0.25, -0.2) is 0 Å². The second-order valence-corrected chi connectivity index (χ2v) is 6.49. The first-order chi connectivity index (χ1) is 10.2. The largest absolute Gasteiger partial charge is 0.399 e. The Hall–Kier alpha value is -1.55. The van der Waals surface area contributed by atoms with E-state index in [-0.39, 0.29) is 5.91 Å². The summed E-state index contributed by atoms with van der Waals surface area (Å²) in [6.45, 7) is 6.02. The van der Waals surface area contributed by atoms with Gasteiger partial charge in [-0.3, -0.25) is 4.79 Å². The topological polar surface area (TPSA) is 46.3 Å². The van der Waals surface area contributed by atoms with E-state index in [1.54, 1.807) is 11.3 Å². The minimum atomic E-state index is 0.164.